The SMILES string of the molecule is COc1ccc(C(=O)N2c3ccccc3NC3=C(C(=O)CCC3)C2c2ccc(Cl)cc2)cc1. The third-order valence-corrected chi connectivity index (χ3v) is 6.43. The van der Waals surface area contributed by atoms with Crippen molar-refractivity contribution >= 4 is 34.7 Å². The van der Waals surface area contributed by atoms with Crippen LogP contribution < -0.4 is 15.0 Å². The van der Waals surface area contributed by atoms with Gasteiger partial charge in [-0.1, -0.05) is 35.9 Å². The van der Waals surface area contributed by atoms with Crippen LogP contribution in [0.1, 0.15) is 41.2 Å². The van der Waals surface area contributed by atoms with Gasteiger partial charge in [-0.2, -0.15) is 0 Å². The van der Waals surface area contributed by atoms with Crippen LogP contribution in [0.5, 0.6) is 5.75 Å². The molecule has 6 heteroatoms. The molecule has 33 heavy (non-hydrogen) atoms. The summed E-state index contributed by atoms with van der Waals surface area (Å²) in [6, 6.07) is 21.5. The quantitative estimate of drug-likeness (QED) is 0.510. The molecule has 166 valence electrons. The lowest BCUT2D eigenvalue weighted by Crippen LogP contribution is -2.38. The Bertz CT molecular complexity index is 1250. The number of rotatable bonds is 3. The molecule has 2 aliphatic rings. The highest BCUT2D eigenvalue weighted by Gasteiger charge is 2.39. The number of methoxy groups -OCH3 is 1. The molecule has 3 aromatic carbocycles. The van der Waals surface area contributed by atoms with Crippen LogP contribution in [0, 0.1) is 0 Å². The number of ketones is 1. The van der Waals surface area contributed by atoms with Crippen LogP contribution in [0.25, 0.3) is 0 Å². The second kappa shape index (κ2) is 8.75. The van der Waals surface area contributed by atoms with Crippen LogP contribution in [-0.4, -0.2) is 18.8 Å². The molecule has 1 amide bonds. The lowest BCUT2D eigenvalue weighted by molar-refractivity contribution is -0.116. The van der Waals surface area contributed by atoms with Crippen LogP contribution in [-0.2, 0) is 4.79 Å². The van der Waals surface area contributed by atoms with Crippen molar-refractivity contribution in [1.82, 2.24) is 0 Å². The van der Waals surface area contributed by atoms with Crippen LogP contribution in [0.4, 0.5) is 11.4 Å². The van der Waals surface area contributed by atoms with Crippen LogP contribution >= 0.6 is 11.6 Å². The molecule has 1 unspecified atom stereocenters. The number of ether oxygens (including phenoxy) is 1. The van der Waals surface area contributed by atoms with Crippen molar-refractivity contribution in [2.24, 2.45) is 0 Å². The molecule has 0 radical (unpaired) electrons. The second-order valence-corrected chi connectivity index (χ2v) is 8.61. The number of hydrogen-bond acceptors (Lipinski definition) is 4. The Labute approximate surface area is 197 Å². The Morgan fingerprint density at radius 1 is 1.00 bits per heavy atom. The van der Waals surface area contributed by atoms with Gasteiger partial charge in [-0.15, -0.1) is 0 Å². The smallest absolute Gasteiger partial charge is 0.259 e. The van der Waals surface area contributed by atoms with E-state index in [1.54, 1.807) is 48.4 Å². The lowest BCUT2D eigenvalue weighted by Gasteiger charge is -2.34. The molecule has 0 saturated carbocycles. The van der Waals surface area contributed by atoms with Gasteiger partial charge in [0.15, 0.2) is 5.78 Å². The number of Topliss-reactive ketones (excluding diaryl/α,β-unsaturated/α-hetero) is 1. The summed E-state index contributed by atoms with van der Waals surface area (Å²) in [6.45, 7) is 0. The molecule has 0 saturated heterocycles. The number of allylic oxidation sites excluding steroid dienone is 1. The summed E-state index contributed by atoms with van der Waals surface area (Å²) in [5.74, 6) is 0.536. The van der Waals surface area contributed by atoms with Gasteiger partial charge < -0.3 is 10.1 Å². The highest BCUT2D eigenvalue weighted by molar-refractivity contribution is 6.30. The van der Waals surface area contributed by atoms with Gasteiger partial charge in [0.1, 0.15) is 5.75 Å². The summed E-state index contributed by atoms with van der Waals surface area (Å²) >= 11 is 6.17. The molecule has 1 heterocycles. The average molecular weight is 459 g/mol. The first kappa shape index (κ1) is 21.3. The van der Waals surface area contributed by atoms with E-state index in [2.05, 4.69) is 5.32 Å². The van der Waals surface area contributed by atoms with E-state index in [4.69, 9.17) is 16.3 Å². The van der Waals surface area contributed by atoms with Gasteiger partial charge in [0.2, 0.25) is 0 Å². The summed E-state index contributed by atoms with van der Waals surface area (Å²) < 4.78 is 5.26. The first-order valence-corrected chi connectivity index (χ1v) is 11.3. The average Bonchev–Trinajstić information content (AvgIpc) is 2.99. The minimum atomic E-state index is -0.573. The Kier molecular flexibility index (Phi) is 5.65. The molecule has 0 fully saturated rings. The maximum atomic E-state index is 14.0. The minimum Gasteiger partial charge on any atom is -0.497 e. The number of halogens is 1. The molecular formula is C27H23ClN2O3. The standard InChI is InChI=1S/C27H23ClN2O3/c1-33-20-15-11-18(12-16-20)27(32)30-23-7-3-2-5-21(23)29-22-6-4-8-24(31)25(22)26(30)17-9-13-19(28)14-10-17/h2-3,5,7,9-16,26,29H,4,6,8H2,1H3. The van der Waals surface area contributed by atoms with E-state index in [0.717, 1.165) is 35.5 Å². The number of benzene rings is 3. The topological polar surface area (TPSA) is 58.6 Å². The van der Waals surface area contributed by atoms with Crippen LogP contribution in [0.15, 0.2) is 84.1 Å². The van der Waals surface area contributed by atoms with Gasteiger partial charge in [-0.05, 0) is 66.9 Å². The Balaban J connectivity index is 1.74. The third kappa shape index (κ3) is 3.89. The van der Waals surface area contributed by atoms with Gasteiger partial charge in [-0.3, -0.25) is 14.5 Å². The molecule has 1 aliphatic heterocycles. The fourth-order valence-corrected chi connectivity index (χ4v) is 4.72. The van der Waals surface area contributed by atoms with Crippen molar-refractivity contribution in [2.75, 3.05) is 17.3 Å². The molecule has 5 nitrogen and oxygen atoms in total. The van der Waals surface area contributed by atoms with Crippen LogP contribution in [0.3, 0.4) is 0 Å². The molecule has 1 atom stereocenters. The fraction of sp³-hybridized carbons (Fsp3) is 0.185. The molecule has 1 aliphatic carbocycles. The Morgan fingerprint density at radius 3 is 2.45 bits per heavy atom. The van der Waals surface area contributed by atoms with E-state index in [1.807, 2.05) is 36.4 Å². The molecule has 1 N–H and O–H groups in total. The van der Waals surface area contributed by atoms with E-state index in [1.165, 1.54) is 0 Å². The number of carbonyl (C=O) groups is 2. The number of anilines is 2. The van der Waals surface area contributed by atoms with Crippen molar-refractivity contribution in [1.29, 1.82) is 0 Å². The first-order chi connectivity index (χ1) is 16.1. The predicted molar refractivity (Wildman–Crippen MR) is 130 cm³/mol. The monoisotopic (exact) mass is 458 g/mol. The predicted octanol–water partition coefficient (Wildman–Crippen LogP) is 6.17. The summed E-state index contributed by atoms with van der Waals surface area (Å²) in [7, 11) is 1.59. The van der Waals surface area contributed by atoms with Gasteiger partial charge in [0.25, 0.3) is 5.91 Å². The minimum absolute atomic E-state index is 0.0593. The van der Waals surface area contributed by atoms with Gasteiger partial charge >= 0.3 is 0 Å². The molecule has 3 aromatic rings. The van der Waals surface area contributed by atoms with E-state index < -0.39 is 6.04 Å². The van der Waals surface area contributed by atoms with Gasteiger partial charge in [-0.25, -0.2) is 0 Å². The zero-order valence-electron chi connectivity index (χ0n) is 18.2. The summed E-state index contributed by atoms with van der Waals surface area (Å²) in [5, 5.41) is 4.08. The molecule has 0 spiro atoms. The van der Waals surface area contributed by atoms with Crippen molar-refractivity contribution in [3.63, 3.8) is 0 Å². The number of hydrogen-bond donors (Lipinski definition) is 1. The lowest BCUT2D eigenvalue weighted by atomic mass is 9.85. The molecule has 5 rings (SSSR count). The van der Waals surface area contributed by atoms with Crippen molar-refractivity contribution in [2.45, 2.75) is 25.3 Å². The normalized spacial score (nSPS) is 17.6. The van der Waals surface area contributed by atoms with E-state index in [-0.39, 0.29) is 11.7 Å². The van der Waals surface area contributed by atoms with E-state index in [0.29, 0.717) is 28.3 Å². The third-order valence-electron chi connectivity index (χ3n) is 6.18. The van der Waals surface area contributed by atoms with Gasteiger partial charge in [0.05, 0.1) is 24.5 Å². The Morgan fingerprint density at radius 2 is 1.73 bits per heavy atom. The zero-order chi connectivity index (χ0) is 22.9. The number of carbonyl (C=O) groups excluding carboxylic acids is 2. The van der Waals surface area contributed by atoms with E-state index in [9.17, 15) is 9.59 Å². The summed E-state index contributed by atoms with van der Waals surface area (Å²) in [5.41, 5.74) is 4.39. The highest BCUT2D eigenvalue weighted by Crippen LogP contribution is 2.45. The van der Waals surface area contributed by atoms with Crippen molar-refractivity contribution in [3.05, 3.63) is 100 Å². The van der Waals surface area contributed by atoms with Gasteiger partial charge in [0, 0.05) is 28.3 Å². The maximum Gasteiger partial charge on any atom is 0.259 e. The number of nitrogens with one attached hydrogen (secondary N) is 1. The summed E-state index contributed by atoms with van der Waals surface area (Å²) in [6.07, 6.45) is 2.00. The maximum absolute atomic E-state index is 14.0. The Hall–Kier alpha value is -3.57. The second-order valence-electron chi connectivity index (χ2n) is 8.17. The molecule has 0 aromatic heterocycles. The van der Waals surface area contributed by atoms with Crippen molar-refractivity contribution < 1.29 is 14.3 Å². The number of amides is 1. The van der Waals surface area contributed by atoms with Crippen molar-refractivity contribution in [3.8, 4) is 5.75 Å². The number of para-hydroxylation sites is 2. The van der Waals surface area contributed by atoms with Crippen LogP contribution in [0.2, 0.25) is 5.02 Å². The largest absolute Gasteiger partial charge is 0.497 e. The highest BCUT2D eigenvalue weighted by atomic mass is 35.5. The number of nitrogens with zero attached hydrogens (tertiary/aromatic N) is 1. The zero-order valence-corrected chi connectivity index (χ0v) is 18.9. The van der Waals surface area contributed by atoms with E-state index >= 15 is 0 Å². The summed E-state index contributed by atoms with van der Waals surface area (Å²) in [4.78, 5) is 29.1. The molecular weight excluding hydrogens is 436 g/mol. The number of fused-ring (bicyclic) bond motifs is 1. The fourth-order valence-electron chi connectivity index (χ4n) is 4.59. The first-order valence-electron chi connectivity index (χ1n) is 10.9. The molecule has 0 bridgehead atoms.